The maximum atomic E-state index is 12.3. The van der Waals surface area contributed by atoms with E-state index in [1.807, 2.05) is 0 Å². The summed E-state index contributed by atoms with van der Waals surface area (Å²) in [5, 5.41) is -0.594. The minimum atomic E-state index is -4.12. The van der Waals surface area contributed by atoms with Crippen molar-refractivity contribution in [1.29, 1.82) is 0 Å². The third kappa shape index (κ3) is 2.88. The van der Waals surface area contributed by atoms with Crippen LogP contribution in [0.5, 0.6) is 0 Å². The average molecular weight is 370 g/mol. The van der Waals surface area contributed by atoms with E-state index in [1.165, 1.54) is 22.6 Å². The molecule has 0 aliphatic rings. The second-order valence-corrected chi connectivity index (χ2v) is 6.16. The van der Waals surface area contributed by atoms with E-state index in [0.29, 0.717) is 0 Å². The van der Waals surface area contributed by atoms with Crippen molar-refractivity contribution < 1.29 is 17.2 Å². The van der Waals surface area contributed by atoms with Crippen LogP contribution >= 0.6 is 33.3 Å². The van der Waals surface area contributed by atoms with E-state index in [4.69, 9.17) is 10.7 Å². The summed E-state index contributed by atoms with van der Waals surface area (Å²) in [4.78, 5) is 12.9. The van der Waals surface area contributed by atoms with Gasteiger partial charge >= 0.3 is 0 Å². The monoisotopic (exact) mass is 369 g/mol. The van der Waals surface area contributed by atoms with Crippen molar-refractivity contribution in [3.63, 3.8) is 0 Å². The van der Waals surface area contributed by atoms with Crippen molar-refractivity contribution in [2.75, 3.05) is 0 Å². The first kappa shape index (κ1) is 12.8. The molecule has 1 aromatic heterocycles. The van der Waals surface area contributed by atoms with Crippen LogP contribution in [0.25, 0.3) is 0 Å². The zero-order chi connectivity index (χ0) is 11.8. The van der Waals surface area contributed by atoms with Crippen LogP contribution in [0.4, 0.5) is 8.78 Å². The summed E-state index contributed by atoms with van der Waals surface area (Å²) in [5.74, 6) is 0. The van der Waals surface area contributed by atoms with Crippen molar-refractivity contribution in [3.8, 4) is 0 Å². The lowest BCUT2D eigenvalue weighted by Gasteiger charge is -2.03. The largest absolute Gasteiger partial charge is 0.311 e. The van der Waals surface area contributed by atoms with Crippen LogP contribution in [-0.4, -0.2) is 13.4 Å². The number of hydrogen-bond acceptors (Lipinski definition) is 3. The summed E-state index contributed by atoms with van der Waals surface area (Å²) in [6.07, 6.45) is -2.97. The molecule has 0 saturated heterocycles. The number of nitrogens with one attached hydrogen (secondary N) is 1. The molecular formula is C6H3ClF2INO3S. The number of aromatic amines is 1. The van der Waals surface area contributed by atoms with Gasteiger partial charge in [0.05, 0.1) is 5.56 Å². The van der Waals surface area contributed by atoms with E-state index >= 15 is 0 Å². The molecule has 0 unspecified atom stereocenters. The average Bonchev–Trinajstić information content (AvgIpc) is 1.99. The molecule has 1 N–H and O–H groups in total. The predicted octanol–water partition coefficient (Wildman–Crippen LogP) is 1.84. The smallest absolute Gasteiger partial charge is 0.276 e. The molecule has 0 aliphatic heterocycles. The first-order chi connectivity index (χ1) is 6.73. The van der Waals surface area contributed by atoms with Gasteiger partial charge in [0.15, 0.2) is 5.03 Å². The van der Waals surface area contributed by atoms with E-state index in [0.717, 1.165) is 6.07 Å². The highest BCUT2D eigenvalue weighted by atomic mass is 127. The lowest BCUT2D eigenvalue weighted by atomic mass is 10.3. The Morgan fingerprint density at radius 1 is 1.47 bits per heavy atom. The zero-order valence-corrected chi connectivity index (χ0v) is 10.5. The normalized spacial score (nSPS) is 12.1. The maximum absolute atomic E-state index is 12.3. The van der Waals surface area contributed by atoms with Gasteiger partial charge in [0, 0.05) is 14.3 Å². The van der Waals surface area contributed by atoms with Gasteiger partial charge in [0.25, 0.3) is 21.0 Å². The molecule has 0 spiro atoms. The Hall–Kier alpha value is -0.220. The molecule has 9 heteroatoms. The van der Waals surface area contributed by atoms with Gasteiger partial charge in [-0.15, -0.1) is 0 Å². The highest BCUT2D eigenvalue weighted by molar-refractivity contribution is 14.1. The molecule has 0 saturated carbocycles. The third-order valence-electron chi connectivity index (χ3n) is 1.48. The number of H-pyrrole nitrogens is 1. The van der Waals surface area contributed by atoms with Gasteiger partial charge in [0.2, 0.25) is 0 Å². The van der Waals surface area contributed by atoms with Crippen LogP contribution in [0.3, 0.4) is 0 Å². The summed E-state index contributed by atoms with van der Waals surface area (Å²) in [7, 11) is 0.822. The number of pyridine rings is 1. The Morgan fingerprint density at radius 3 is 2.33 bits per heavy atom. The quantitative estimate of drug-likeness (QED) is 0.639. The van der Waals surface area contributed by atoms with E-state index in [-0.39, 0.29) is 3.57 Å². The van der Waals surface area contributed by atoms with Crippen LogP contribution in [0.15, 0.2) is 15.9 Å². The Labute approximate surface area is 101 Å². The van der Waals surface area contributed by atoms with E-state index in [2.05, 4.69) is 0 Å². The molecule has 0 bridgehead atoms. The molecule has 15 heavy (non-hydrogen) atoms. The minimum Gasteiger partial charge on any atom is -0.311 e. The molecular weight excluding hydrogens is 366 g/mol. The molecule has 0 fully saturated rings. The Kier molecular flexibility index (Phi) is 3.71. The van der Waals surface area contributed by atoms with Gasteiger partial charge in [-0.05, 0) is 28.7 Å². The van der Waals surface area contributed by atoms with Gasteiger partial charge in [0.1, 0.15) is 0 Å². The molecule has 0 aliphatic carbocycles. The molecule has 1 heterocycles. The molecule has 1 rings (SSSR count). The summed E-state index contributed by atoms with van der Waals surface area (Å²) in [5.41, 5.74) is -1.92. The highest BCUT2D eigenvalue weighted by Gasteiger charge is 2.20. The second kappa shape index (κ2) is 4.34. The van der Waals surface area contributed by atoms with Gasteiger partial charge in [-0.1, -0.05) is 0 Å². The number of rotatable bonds is 2. The molecule has 0 atom stereocenters. The number of aromatic nitrogens is 1. The zero-order valence-electron chi connectivity index (χ0n) is 6.80. The first-order valence-electron chi connectivity index (χ1n) is 3.39. The van der Waals surface area contributed by atoms with Crippen LogP contribution in [0.1, 0.15) is 12.0 Å². The van der Waals surface area contributed by atoms with Crippen LogP contribution < -0.4 is 5.56 Å². The maximum Gasteiger partial charge on any atom is 0.276 e. The van der Waals surface area contributed by atoms with Crippen molar-refractivity contribution >= 4 is 42.3 Å². The Balaban J connectivity index is 3.53. The molecule has 84 valence electrons. The second-order valence-electron chi connectivity index (χ2n) is 2.46. The SMILES string of the molecule is O=c1[nH]c(S(=O)(=O)Cl)cc(I)c1C(F)F. The summed E-state index contributed by atoms with van der Waals surface area (Å²) in [6, 6.07) is 0.881. The fourth-order valence-corrected chi connectivity index (χ4v) is 2.58. The van der Waals surface area contributed by atoms with Gasteiger partial charge in [-0.2, -0.15) is 0 Å². The van der Waals surface area contributed by atoms with Crippen LogP contribution in [0, 0.1) is 3.57 Å². The van der Waals surface area contributed by atoms with Gasteiger partial charge < -0.3 is 4.98 Å². The van der Waals surface area contributed by atoms with Gasteiger partial charge in [-0.25, -0.2) is 17.2 Å². The van der Waals surface area contributed by atoms with Crippen molar-refractivity contribution in [1.82, 2.24) is 4.98 Å². The molecule has 0 aromatic carbocycles. The molecule has 1 aromatic rings. The third-order valence-corrected chi connectivity index (χ3v) is 3.61. The standard InChI is InChI=1S/C6H3ClF2INO3S/c7-15(13,14)3-1-2(10)4(5(8)9)6(12)11-3/h1,5H,(H,11,12). The summed E-state index contributed by atoms with van der Waals surface area (Å²) < 4.78 is 46.1. The van der Waals surface area contributed by atoms with Crippen molar-refractivity contribution in [2.45, 2.75) is 11.5 Å². The topological polar surface area (TPSA) is 67.0 Å². The first-order valence-corrected chi connectivity index (χ1v) is 6.78. The molecule has 4 nitrogen and oxygen atoms in total. The lowest BCUT2D eigenvalue weighted by molar-refractivity contribution is 0.148. The Morgan fingerprint density at radius 2 is 2.00 bits per heavy atom. The lowest BCUT2D eigenvalue weighted by Crippen LogP contribution is -2.17. The fourth-order valence-electron chi connectivity index (χ4n) is 0.851. The number of alkyl halides is 2. The highest BCUT2D eigenvalue weighted by Crippen LogP contribution is 2.22. The van der Waals surface area contributed by atoms with E-state index in [9.17, 15) is 22.0 Å². The van der Waals surface area contributed by atoms with E-state index < -0.39 is 31.6 Å². The van der Waals surface area contributed by atoms with Crippen LogP contribution in [0.2, 0.25) is 0 Å². The minimum absolute atomic E-state index is 0.148. The van der Waals surface area contributed by atoms with Crippen molar-refractivity contribution in [2.24, 2.45) is 0 Å². The number of halogens is 4. The number of hydrogen-bond donors (Lipinski definition) is 1. The summed E-state index contributed by atoms with van der Waals surface area (Å²) in [6.45, 7) is 0. The van der Waals surface area contributed by atoms with Gasteiger partial charge in [-0.3, -0.25) is 4.79 Å². The van der Waals surface area contributed by atoms with Crippen LogP contribution in [-0.2, 0) is 9.05 Å². The van der Waals surface area contributed by atoms with Crippen molar-refractivity contribution in [3.05, 3.63) is 25.6 Å². The summed E-state index contributed by atoms with van der Waals surface area (Å²) >= 11 is 1.44. The van der Waals surface area contributed by atoms with E-state index in [1.54, 1.807) is 4.98 Å². The fraction of sp³-hybridized carbons (Fsp3) is 0.167. The predicted molar refractivity (Wildman–Crippen MR) is 57.8 cm³/mol. The Bertz CT molecular complexity index is 542. The molecule has 0 amide bonds. The molecule has 0 radical (unpaired) electrons.